The van der Waals surface area contributed by atoms with Crippen molar-refractivity contribution in [2.75, 3.05) is 0 Å². The van der Waals surface area contributed by atoms with Crippen LogP contribution in [0.1, 0.15) is 0 Å². The summed E-state index contributed by atoms with van der Waals surface area (Å²) in [6, 6.07) is 68.8. The minimum Gasteiger partial charge on any atom is -0.278 e. The van der Waals surface area contributed by atoms with Crippen molar-refractivity contribution in [1.29, 1.82) is 0 Å². The lowest BCUT2D eigenvalue weighted by Gasteiger charge is -2.12. The lowest BCUT2D eigenvalue weighted by molar-refractivity contribution is 0.954. The molecule has 0 amide bonds. The number of benzene rings is 8. The number of para-hydroxylation sites is 1. The summed E-state index contributed by atoms with van der Waals surface area (Å²) in [6.07, 6.45) is 0. The van der Waals surface area contributed by atoms with E-state index in [4.69, 9.17) is 29.9 Å². The Balaban J connectivity index is 1.05. The van der Waals surface area contributed by atoms with E-state index in [2.05, 4.69) is 120 Å². The normalized spacial score (nSPS) is 11.5. The Morgan fingerprint density at radius 1 is 0.306 bits per heavy atom. The van der Waals surface area contributed by atoms with Gasteiger partial charge in [-0.3, -0.25) is 4.57 Å². The molecular formula is C54H33N7S. The second-order valence-electron chi connectivity index (χ2n) is 15.1. The maximum absolute atomic E-state index is 5.36. The summed E-state index contributed by atoms with van der Waals surface area (Å²) >= 11 is 1.74. The van der Waals surface area contributed by atoms with Gasteiger partial charge >= 0.3 is 0 Å². The quantitative estimate of drug-likeness (QED) is 0.159. The zero-order valence-corrected chi connectivity index (χ0v) is 33.9. The highest BCUT2D eigenvalue weighted by molar-refractivity contribution is 7.26. The molecule has 0 fully saturated rings. The van der Waals surface area contributed by atoms with Crippen molar-refractivity contribution in [2.45, 2.75) is 0 Å². The predicted octanol–water partition coefficient (Wildman–Crippen LogP) is 13.5. The lowest BCUT2D eigenvalue weighted by atomic mass is 10.0. The van der Waals surface area contributed by atoms with Gasteiger partial charge in [-0.05, 0) is 47.5 Å². The SMILES string of the molecule is c1ccc(-c2ccc3c4ccccc4n(-c4nc(-c5ccccc5)nc(-c5cccc6c5sc5ccc(-c7nc(-c8ccccc8)nc(-c8ccccc8)n7)cc56)n4)c3c2)cc1. The molecular weight excluding hydrogens is 779 g/mol. The molecule has 12 aromatic rings. The van der Waals surface area contributed by atoms with Crippen molar-refractivity contribution >= 4 is 53.3 Å². The van der Waals surface area contributed by atoms with E-state index >= 15 is 0 Å². The molecule has 62 heavy (non-hydrogen) atoms. The molecule has 0 aliphatic carbocycles. The number of thiophene rings is 1. The summed E-state index contributed by atoms with van der Waals surface area (Å²) in [5.41, 5.74) is 8.96. The largest absolute Gasteiger partial charge is 0.278 e. The van der Waals surface area contributed by atoms with E-state index in [0.29, 0.717) is 35.1 Å². The molecule has 4 heterocycles. The van der Waals surface area contributed by atoms with Gasteiger partial charge in [-0.15, -0.1) is 11.3 Å². The molecule has 8 heteroatoms. The molecule has 12 rings (SSSR count). The third kappa shape index (κ3) is 6.20. The van der Waals surface area contributed by atoms with Crippen LogP contribution >= 0.6 is 11.3 Å². The van der Waals surface area contributed by atoms with Crippen molar-refractivity contribution in [3.63, 3.8) is 0 Å². The molecule has 7 nitrogen and oxygen atoms in total. The van der Waals surface area contributed by atoms with Crippen molar-refractivity contribution < 1.29 is 0 Å². The van der Waals surface area contributed by atoms with E-state index in [1.54, 1.807) is 11.3 Å². The van der Waals surface area contributed by atoms with Gasteiger partial charge in [0.2, 0.25) is 5.95 Å². The van der Waals surface area contributed by atoms with Crippen molar-refractivity contribution in [3.8, 4) is 74.0 Å². The van der Waals surface area contributed by atoms with E-state index in [-0.39, 0.29) is 0 Å². The highest BCUT2D eigenvalue weighted by Crippen LogP contribution is 2.42. The predicted molar refractivity (Wildman–Crippen MR) is 253 cm³/mol. The Bertz CT molecular complexity index is 3570. The average Bonchev–Trinajstić information content (AvgIpc) is 3.90. The van der Waals surface area contributed by atoms with Crippen LogP contribution in [0.4, 0.5) is 0 Å². The zero-order chi connectivity index (χ0) is 41.0. The Morgan fingerprint density at radius 3 is 1.47 bits per heavy atom. The molecule has 0 radical (unpaired) electrons. The van der Waals surface area contributed by atoms with Gasteiger partial charge in [-0.2, -0.15) is 9.97 Å². The van der Waals surface area contributed by atoms with E-state index in [1.165, 1.54) is 0 Å². The van der Waals surface area contributed by atoms with Crippen molar-refractivity contribution in [3.05, 3.63) is 200 Å². The van der Waals surface area contributed by atoms with Crippen LogP contribution < -0.4 is 0 Å². The maximum Gasteiger partial charge on any atom is 0.238 e. The minimum absolute atomic E-state index is 0.559. The first-order valence-electron chi connectivity index (χ1n) is 20.5. The Labute approximate surface area is 360 Å². The maximum atomic E-state index is 5.36. The summed E-state index contributed by atoms with van der Waals surface area (Å²) in [6.45, 7) is 0. The van der Waals surface area contributed by atoms with Gasteiger partial charge < -0.3 is 0 Å². The monoisotopic (exact) mass is 811 g/mol. The van der Waals surface area contributed by atoms with E-state index in [9.17, 15) is 0 Å². The van der Waals surface area contributed by atoms with Crippen LogP contribution in [0.2, 0.25) is 0 Å². The number of nitrogens with zero attached hydrogens (tertiary/aromatic N) is 7. The van der Waals surface area contributed by atoms with E-state index in [1.807, 2.05) is 84.9 Å². The molecule has 0 atom stereocenters. The van der Waals surface area contributed by atoms with Gasteiger partial charge in [0, 0.05) is 58.8 Å². The van der Waals surface area contributed by atoms with Crippen molar-refractivity contribution in [1.82, 2.24) is 34.5 Å². The molecule has 4 aromatic heterocycles. The summed E-state index contributed by atoms with van der Waals surface area (Å²) in [4.78, 5) is 30.8. The van der Waals surface area contributed by atoms with Gasteiger partial charge in [-0.1, -0.05) is 164 Å². The third-order valence-electron chi connectivity index (χ3n) is 11.3. The number of fused-ring (bicyclic) bond motifs is 6. The topological polar surface area (TPSA) is 82.3 Å². The standard InChI is InChI=1S/C54H33N7S/c1-5-16-34(17-6-1)38-28-30-41-40-24-13-14-27-45(40)61(46(41)33-38)54-59-51(37-22-11-4-12-23-37)58-53(60-54)43-26-15-25-42-44-32-39(29-31-47(44)62-48(42)43)52-56-49(35-18-7-2-8-19-35)55-50(57-52)36-20-9-3-10-21-36/h1-33H. The van der Waals surface area contributed by atoms with E-state index in [0.717, 1.165) is 80.9 Å². The number of hydrogen-bond donors (Lipinski definition) is 0. The average molecular weight is 812 g/mol. The number of rotatable bonds is 7. The van der Waals surface area contributed by atoms with Gasteiger partial charge in [0.1, 0.15) is 0 Å². The molecule has 0 bridgehead atoms. The molecule has 0 unspecified atom stereocenters. The first-order chi connectivity index (χ1) is 30.7. The zero-order valence-electron chi connectivity index (χ0n) is 33.1. The molecule has 0 aliphatic heterocycles. The summed E-state index contributed by atoms with van der Waals surface area (Å²) < 4.78 is 4.42. The summed E-state index contributed by atoms with van der Waals surface area (Å²) in [5, 5.41) is 4.49. The van der Waals surface area contributed by atoms with Crippen LogP contribution in [0.15, 0.2) is 200 Å². The summed E-state index contributed by atoms with van der Waals surface area (Å²) in [7, 11) is 0. The van der Waals surface area contributed by atoms with Crippen molar-refractivity contribution in [2.24, 2.45) is 0 Å². The first kappa shape index (κ1) is 35.7. The second kappa shape index (κ2) is 14.8. The van der Waals surface area contributed by atoms with Gasteiger partial charge in [0.25, 0.3) is 0 Å². The van der Waals surface area contributed by atoms with Crippen LogP contribution in [-0.2, 0) is 0 Å². The minimum atomic E-state index is 0.559. The van der Waals surface area contributed by atoms with Crippen LogP contribution in [0.3, 0.4) is 0 Å². The Hall–Kier alpha value is -8.20. The van der Waals surface area contributed by atoms with Gasteiger partial charge in [-0.25, -0.2) is 19.9 Å². The Morgan fingerprint density at radius 2 is 0.806 bits per heavy atom. The number of hydrogen-bond acceptors (Lipinski definition) is 7. The molecule has 0 saturated carbocycles. The Kier molecular flexibility index (Phi) is 8.53. The second-order valence-corrected chi connectivity index (χ2v) is 16.2. The fourth-order valence-electron chi connectivity index (χ4n) is 8.35. The molecule has 0 saturated heterocycles. The first-order valence-corrected chi connectivity index (χ1v) is 21.3. The van der Waals surface area contributed by atoms with E-state index < -0.39 is 0 Å². The number of aromatic nitrogens is 7. The van der Waals surface area contributed by atoms with Crippen LogP contribution in [-0.4, -0.2) is 34.5 Å². The fourth-order valence-corrected chi connectivity index (χ4v) is 9.54. The molecule has 0 spiro atoms. The van der Waals surface area contributed by atoms with Crippen LogP contribution in [0.5, 0.6) is 0 Å². The van der Waals surface area contributed by atoms with Crippen LogP contribution in [0.25, 0.3) is 116 Å². The fraction of sp³-hybridized carbons (Fsp3) is 0. The molecule has 0 aliphatic rings. The summed E-state index contributed by atoms with van der Waals surface area (Å²) in [5.74, 6) is 3.65. The van der Waals surface area contributed by atoms with Gasteiger partial charge in [0.05, 0.1) is 11.0 Å². The lowest BCUT2D eigenvalue weighted by Crippen LogP contribution is -2.06. The third-order valence-corrected chi connectivity index (χ3v) is 12.6. The molecule has 0 N–H and O–H groups in total. The van der Waals surface area contributed by atoms with Crippen LogP contribution in [0, 0.1) is 0 Å². The molecule has 290 valence electrons. The van der Waals surface area contributed by atoms with Gasteiger partial charge in [0.15, 0.2) is 29.1 Å². The highest BCUT2D eigenvalue weighted by Gasteiger charge is 2.21. The highest BCUT2D eigenvalue weighted by atomic mass is 32.1. The molecule has 8 aromatic carbocycles. The smallest absolute Gasteiger partial charge is 0.238 e.